The number of likely N-dealkylation sites (tertiary alicyclic amines) is 1. The monoisotopic (exact) mass is 444 g/mol. The van der Waals surface area contributed by atoms with E-state index in [1.807, 2.05) is 43.9 Å². The molecule has 1 atom stereocenters. The Morgan fingerprint density at radius 2 is 2.12 bits per heavy atom. The predicted molar refractivity (Wildman–Crippen MR) is 102 cm³/mol. The summed E-state index contributed by atoms with van der Waals surface area (Å²) in [7, 11) is 0. The summed E-state index contributed by atoms with van der Waals surface area (Å²) in [5, 5.41) is 2.74. The van der Waals surface area contributed by atoms with Crippen LogP contribution in [0.4, 0.5) is 4.79 Å². The summed E-state index contributed by atoms with van der Waals surface area (Å²) in [6, 6.07) is 7.62. The molecule has 0 saturated carbocycles. The average molecular weight is 444 g/mol. The molecule has 6 heteroatoms. The fraction of sp³-hybridized carbons (Fsp3) is 0.556. The minimum Gasteiger partial charge on any atom is -0.444 e. The number of hydrogen-bond donors (Lipinski definition) is 1. The van der Waals surface area contributed by atoms with Crippen molar-refractivity contribution < 1.29 is 14.3 Å². The lowest BCUT2D eigenvalue weighted by Gasteiger charge is -2.26. The molecule has 0 spiro atoms. The van der Waals surface area contributed by atoms with Gasteiger partial charge in [0.2, 0.25) is 5.91 Å². The second kappa shape index (κ2) is 8.18. The van der Waals surface area contributed by atoms with Crippen molar-refractivity contribution in [3.63, 3.8) is 0 Å². The number of ether oxygens (including phenoxy) is 1. The van der Waals surface area contributed by atoms with Gasteiger partial charge in [0.25, 0.3) is 0 Å². The van der Waals surface area contributed by atoms with Crippen LogP contribution in [0.5, 0.6) is 0 Å². The number of benzene rings is 1. The van der Waals surface area contributed by atoms with E-state index >= 15 is 0 Å². The summed E-state index contributed by atoms with van der Waals surface area (Å²) >= 11 is 2.27. The Balaban J connectivity index is 2.03. The number of halogens is 1. The molecule has 0 aliphatic carbocycles. The normalized spacial score (nSPS) is 18.9. The third-order valence-electron chi connectivity index (χ3n) is 3.73. The smallest absolute Gasteiger partial charge is 0.408 e. The van der Waals surface area contributed by atoms with Gasteiger partial charge in [-0.3, -0.25) is 4.79 Å². The zero-order valence-corrected chi connectivity index (χ0v) is 16.6. The van der Waals surface area contributed by atoms with Crippen molar-refractivity contribution in [2.75, 3.05) is 6.54 Å². The van der Waals surface area contributed by atoms with E-state index in [4.69, 9.17) is 4.74 Å². The molecule has 0 radical (unpaired) electrons. The minimum atomic E-state index is -0.571. The maximum atomic E-state index is 12.8. The fourth-order valence-electron chi connectivity index (χ4n) is 2.70. The third kappa shape index (κ3) is 5.96. The SMILES string of the molecule is CC(C)(C)OC(=O)NC1CCCCN(Cc2cccc(I)c2)C1=O. The molecule has 1 saturated heterocycles. The van der Waals surface area contributed by atoms with Crippen LogP contribution in [0.3, 0.4) is 0 Å². The van der Waals surface area contributed by atoms with E-state index in [-0.39, 0.29) is 5.91 Å². The van der Waals surface area contributed by atoms with Crippen molar-refractivity contribution in [1.82, 2.24) is 10.2 Å². The van der Waals surface area contributed by atoms with Gasteiger partial charge >= 0.3 is 6.09 Å². The number of hydrogen-bond acceptors (Lipinski definition) is 3. The van der Waals surface area contributed by atoms with Gasteiger partial charge < -0.3 is 15.0 Å². The first-order chi connectivity index (χ1) is 11.2. The largest absolute Gasteiger partial charge is 0.444 e. The van der Waals surface area contributed by atoms with E-state index in [9.17, 15) is 9.59 Å². The van der Waals surface area contributed by atoms with Gasteiger partial charge in [0, 0.05) is 16.7 Å². The molecule has 0 aromatic heterocycles. The van der Waals surface area contributed by atoms with Gasteiger partial charge in [-0.2, -0.15) is 0 Å². The van der Waals surface area contributed by atoms with Gasteiger partial charge in [0.1, 0.15) is 11.6 Å². The van der Waals surface area contributed by atoms with Crippen molar-refractivity contribution in [1.29, 1.82) is 0 Å². The third-order valence-corrected chi connectivity index (χ3v) is 4.41. The van der Waals surface area contributed by atoms with Crippen molar-refractivity contribution in [3.05, 3.63) is 33.4 Å². The Labute approximate surface area is 157 Å². The van der Waals surface area contributed by atoms with Crippen LogP contribution in [-0.4, -0.2) is 35.1 Å². The second-order valence-corrected chi connectivity index (χ2v) is 8.33. The molecule has 1 aliphatic heterocycles. The summed E-state index contributed by atoms with van der Waals surface area (Å²) in [5.41, 5.74) is 0.534. The molecule has 0 bridgehead atoms. The first kappa shape index (κ1) is 19.0. The van der Waals surface area contributed by atoms with Gasteiger partial charge in [-0.15, -0.1) is 0 Å². The van der Waals surface area contributed by atoms with Crippen LogP contribution in [0, 0.1) is 3.57 Å². The highest BCUT2D eigenvalue weighted by molar-refractivity contribution is 14.1. The standard InChI is InChI=1S/C18H25IN2O3/c1-18(2,3)24-17(23)20-15-9-4-5-10-21(16(15)22)12-13-7-6-8-14(19)11-13/h6-8,11,15H,4-5,9-10,12H2,1-3H3,(H,20,23). The van der Waals surface area contributed by atoms with Crippen LogP contribution in [-0.2, 0) is 16.1 Å². The molecule has 24 heavy (non-hydrogen) atoms. The number of carbonyl (C=O) groups is 2. The van der Waals surface area contributed by atoms with E-state index in [1.165, 1.54) is 0 Å². The lowest BCUT2D eigenvalue weighted by molar-refractivity contribution is -0.133. The Hall–Kier alpha value is -1.31. The summed E-state index contributed by atoms with van der Waals surface area (Å²) in [6.07, 6.45) is 1.98. The second-order valence-electron chi connectivity index (χ2n) is 7.08. The summed E-state index contributed by atoms with van der Waals surface area (Å²) in [4.78, 5) is 26.6. The predicted octanol–water partition coefficient (Wildman–Crippen LogP) is 3.70. The molecule has 1 aromatic rings. The highest BCUT2D eigenvalue weighted by atomic mass is 127. The van der Waals surface area contributed by atoms with Crippen LogP contribution in [0.15, 0.2) is 24.3 Å². The molecule has 1 aliphatic rings. The highest BCUT2D eigenvalue weighted by Crippen LogP contribution is 2.17. The summed E-state index contributed by atoms with van der Waals surface area (Å²) in [5.74, 6) is -0.0304. The number of alkyl carbamates (subject to hydrolysis) is 1. The minimum absolute atomic E-state index is 0.0304. The first-order valence-electron chi connectivity index (χ1n) is 8.27. The van der Waals surface area contributed by atoms with Crippen molar-refractivity contribution in [2.24, 2.45) is 0 Å². The average Bonchev–Trinajstić information content (AvgIpc) is 2.61. The molecule has 5 nitrogen and oxygen atoms in total. The van der Waals surface area contributed by atoms with Crippen LogP contribution in [0.1, 0.15) is 45.6 Å². The van der Waals surface area contributed by atoms with Gasteiger partial charge in [-0.1, -0.05) is 12.1 Å². The molecule has 1 aromatic carbocycles. The van der Waals surface area contributed by atoms with Crippen molar-refractivity contribution in [3.8, 4) is 0 Å². The molecular formula is C18H25IN2O3. The van der Waals surface area contributed by atoms with E-state index < -0.39 is 17.7 Å². The van der Waals surface area contributed by atoms with Gasteiger partial charge in [0.05, 0.1) is 0 Å². The van der Waals surface area contributed by atoms with Crippen molar-refractivity contribution in [2.45, 2.75) is 58.2 Å². The lowest BCUT2D eigenvalue weighted by Crippen LogP contribution is -2.48. The number of carbonyl (C=O) groups excluding carboxylic acids is 2. The summed E-state index contributed by atoms with van der Waals surface area (Å²) in [6.45, 7) is 6.72. The number of amides is 2. The Morgan fingerprint density at radius 3 is 2.79 bits per heavy atom. The number of rotatable bonds is 3. The van der Waals surface area contributed by atoms with E-state index in [0.29, 0.717) is 13.0 Å². The molecule has 2 rings (SSSR count). The quantitative estimate of drug-likeness (QED) is 0.724. The van der Waals surface area contributed by atoms with Crippen LogP contribution in [0.25, 0.3) is 0 Å². The van der Waals surface area contributed by atoms with Gasteiger partial charge in [-0.05, 0) is 80.3 Å². The maximum absolute atomic E-state index is 12.8. The van der Waals surface area contributed by atoms with E-state index in [2.05, 4.69) is 34.0 Å². The molecular weight excluding hydrogens is 419 g/mol. The van der Waals surface area contributed by atoms with E-state index in [0.717, 1.165) is 28.5 Å². The maximum Gasteiger partial charge on any atom is 0.408 e. The molecule has 1 unspecified atom stereocenters. The first-order valence-corrected chi connectivity index (χ1v) is 9.35. The van der Waals surface area contributed by atoms with E-state index in [1.54, 1.807) is 0 Å². The number of nitrogens with one attached hydrogen (secondary N) is 1. The van der Waals surface area contributed by atoms with Crippen LogP contribution >= 0.6 is 22.6 Å². The Morgan fingerprint density at radius 1 is 1.38 bits per heavy atom. The Bertz CT molecular complexity index is 598. The zero-order chi connectivity index (χ0) is 17.7. The zero-order valence-electron chi connectivity index (χ0n) is 14.5. The van der Waals surface area contributed by atoms with Crippen LogP contribution in [0.2, 0.25) is 0 Å². The summed E-state index contributed by atoms with van der Waals surface area (Å²) < 4.78 is 6.43. The number of nitrogens with zero attached hydrogens (tertiary/aromatic N) is 1. The topological polar surface area (TPSA) is 58.6 Å². The van der Waals surface area contributed by atoms with Gasteiger partial charge in [-0.25, -0.2) is 4.79 Å². The molecule has 132 valence electrons. The molecule has 1 N–H and O–H groups in total. The molecule has 1 heterocycles. The Kier molecular flexibility index (Phi) is 6.48. The van der Waals surface area contributed by atoms with Crippen molar-refractivity contribution >= 4 is 34.6 Å². The highest BCUT2D eigenvalue weighted by Gasteiger charge is 2.29. The fourth-order valence-corrected chi connectivity index (χ4v) is 3.31. The molecule has 2 amide bonds. The van der Waals surface area contributed by atoms with Crippen LogP contribution < -0.4 is 5.32 Å². The van der Waals surface area contributed by atoms with Gasteiger partial charge in [0.15, 0.2) is 0 Å². The lowest BCUT2D eigenvalue weighted by atomic mass is 10.1. The molecule has 1 fully saturated rings.